The molecule has 2 unspecified atom stereocenters. The van der Waals surface area contributed by atoms with Crippen LogP contribution in [0.1, 0.15) is 102 Å². The first-order valence-electron chi connectivity index (χ1n) is 16.3. The maximum atomic E-state index is 12.7. The molecular formula is C32H55N2O8PS. The Bertz CT molecular complexity index is 973. The van der Waals surface area contributed by atoms with Crippen LogP contribution in [0, 0.1) is 5.92 Å². The molecule has 2 rings (SSSR count). The Morgan fingerprint density at radius 2 is 1.48 bits per heavy atom. The van der Waals surface area contributed by atoms with Crippen LogP contribution < -0.4 is 10.6 Å². The summed E-state index contributed by atoms with van der Waals surface area (Å²) in [7, 11) is 2.76. The first-order chi connectivity index (χ1) is 21.3. The van der Waals surface area contributed by atoms with E-state index in [4.69, 9.17) is 35.1 Å². The number of rotatable bonds is 23. The van der Waals surface area contributed by atoms with Crippen LogP contribution >= 0.6 is 6.72 Å². The van der Waals surface area contributed by atoms with Crippen molar-refractivity contribution in [3.8, 4) is 0 Å². The predicted molar refractivity (Wildman–Crippen MR) is 176 cm³/mol. The summed E-state index contributed by atoms with van der Waals surface area (Å²) in [5.74, 6) is -0.430. The number of urea groups is 1. The molecule has 10 nitrogen and oxygen atoms in total. The molecule has 0 spiro atoms. The summed E-state index contributed by atoms with van der Waals surface area (Å²) in [6.07, 6.45) is 14.6. The molecule has 252 valence electrons. The molecule has 1 aliphatic rings. The van der Waals surface area contributed by atoms with Crippen molar-refractivity contribution in [2.45, 2.75) is 122 Å². The van der Waals surface area contributed by atoms with Gasteiger partial charge < -0.3 is 38.8 Å². The third-order valence-electron chi connectivity index (χ3n) is 8.00. The highest BCUT2D eigenvalue weighted by Gasteiger charge is 2.48. The van der Waals surface area contributed by atoms with Crippen LogP contribution in [0.4, 0.5) is 9.59 Å². The lowest BCUT2D eigenvalue weighted by Crippen LogP contribution is -2.48. The summed E-state index contributed by atoms with van der Waals surface area (Å²) in [6, 6.07) is 8.50. The largest absolute Gasteiger partial charge is 0.508 e. The summed E-state index contributed by atoms with van der Waals surface area (Å²) in [5, 5.41) is 5.88. The molecule has 0 aliphatic heterocycles. The molecular weight excluding hydrogens is 603 g/mol. The van der Waals surface area contributed by atoms with Crippen LogP contribution in [0.25, 0.3) is 0 Å². The van der Waals surface area contributed by atoms with Crippen molar-refractivity contribution in [1.29, 1.82) is 0 Å². The van der Waals surface area contributed by atoms with E-state index in [0.717, 1.165) is 18.4 Å². The van der Waals surface area contributed by atoms with Crippen molar-refractivity contribution in [1.82, 2.24) is 10.6 Å². The van der Waals surface area contributed by atoms with Gasteiger partial charge in [-0.05, 0) is 30.2 Å². The molecule has 44 heavy (non-hydrogen) atoms. The van der Waals surface area contributed by atoms with Crippen LogP contribution in [0.2, 0.25) is 0 Å². The van der Waals surface area contributed by atoms with Crippen molar-refractivity contribution in [2.24, 2.45) is 5.92 Å². The zero-order valence-electron chi connectivity index (χ0n) is 26.9. The number of hydrogen-bond acceptors (Lipinski definition) is 8. The average molecular weight is 659 g/mol. The van der Waals surface area contributed by atoms with Gasteiger partial charge in [-0.3, -0.25) is 0 Å². The van der Waals surface area contributed by atoms with E-state index in [1.807, 2.05) is 30.3 Å². The number of unbranched alkanes of at least 4 members (excludes halogenated alkanes) is 12. The first kappa shape index (κ1) is 38.4. The molecule has 1 aliphatic carbocycles. The molecule has 1 saturated carbocycles. The number of carbonyl (C=O) groups is 2. The topological polar surface area (TPSA) is 125 Å². The molecule has 0 saturated heterocycles. The van der Waals surface area contributed by atoms with Gasteiger partial charge in [0.25, 0.3) is 0 Å². The molecule has 1 aromatic rings. The van der Waals surface area contributed by atoms with Crippen molar-refractivity contribution in [3.63, 3.8) is 0 Å². The van der Waals surface area contributed by atoms with Crippen LogP contribution in [0.3, 0.4) is 0 Å². The molecule has 1 fully saturated rings. The fourth-order valence-electron chi connectivity index (χ4n) is 5.53. The number of hydrogen-bond donors (Lipinski definition) is 3. The molecule has 0 heterocycles. The Morgan fingerprint density at radius 1 is 0.886 bits per heavy atom. The minimum atomic E-state index is -3.56. The summed E-state index contributed by atoms with van der Waals surface area (Å²) in [5.41, 5.74) is 0.834. The maximum absolute atomic E-state index is 12.7. The minimum Gasteiger partial charge on any atom is -0.434 e. The van der Waals surface area contributed by atoms with Gasteiger partial charge in [0, 0.05) is 26.7 Å². The quantitative estimate of drug-likeness (QED) is 0.0628. The fourth-order valence-corrected chi connectivity index (χ4v) is 6.52. The van der Waals surface area contributed by atoms with Crippen LogP contribution in [0.5, 0.6) is 0 Å². The Kier molecular flexibility index (Phi) is 19.8. The Hall–Kier alpha value is -1.75. The normalized spacial score (nSPS) is 21.0. The maximum Gasteiger partial charge on any atom is 0.508 e. The van der Waals surface area contributed by atoms with Gasteiger partial charge in [-0.15, -0.1) is 0 Å². The van der Waals surface area contributed by atoms with Gasteiger partial charge in [-0.1, -0.05) is 114 Å². The molecule has 0 aromatic heterocycles. The van der Waals surface area contributed by atoms with E-state index >= 15 is 0 Å². The minimum absolute atomic E-state index is 0.0735. The van der Waals surface area contributed by atoms with Gasteiger partial charge in [-0.25, -0.2) is 9.59 Å². The van der Waals surface area contributed by atoms with Gasteiger partial charge in [0.15, 0.2) is 0 Å². The van der Waals surface area contributed by atoms with Crippen LogP contribution in [0.15, 0.2) is 30.3 Å². The standard InChI is InChI=1S/C32H55N2O8PS/c1-4-5-6-7-8-9-10-11-12-13-14-15-19-22-33-31(35)34-28-23-27(29(30(28)38-2)42-43(37,44)39-3)25-41-32(36)40-24-26-20-17-16-18-21-26/h16-18,20-21,27-30H,4-15,19,22-25H2,1-3H3,(H,37,44)(H2,33,34,35)/t27-,28-,29?,30-,43?/m1/s1. The lowest BCUT2D eigenvalue weighted by atomic mass is 10.0. The second-order valence-electron chi connectivity index (χ2n) is 11.5. The number of benzene rings is 1. The molecule has 0 bridgehead atoms. The highest BCUT2D eigenvalue weighted by atomic mass is 32.5. The van der Waals surface area contributed by atoms with E-state index in [-0.39, 0.29) is 19.2 Å². The van der Waals surface area contributed by atoms with E-state index in [0.29, 0.717) is 13.0 Å². The Morgan fingerprint density at radius 3 is 2.05 bits per heavy atom. The average Bonchev–Trinajstić information content (AvgIpc) is 3.33. The van der Waals surface area contributed by atoms with E-state index in [9.17, 15) is 14.5 Å². The molecule has 5 atom stereocenters. The number of ether oxygens (including phenoxy) is 3. The highest BCUT2D eigenvalue weighted by Crippen LogP contribution is 2.48. The number of carbonyl (C=O) groups excluding carboxylic acids is 2. The first-order valence-corrected chi connectivity index (χ1v) is 18.9. The summed E-state index contributed by atoms with van der Waals surface area (Å²) < 4.78 is 27.0. The van der Waals surface area contributed by atoms with Crippen molar-refractivity contribution >= 4 is 30.7 Å². The molecule has 0 radical (unpaired) electrons. The van der Waals surface area contributed by atoms with E-state index in [2.05, 4.69) is 17.6 Å². The molecule has 1 aromatic carbocycles. The molecule has 12 heteroatoms. The summed E-state index contributed by atoms with van der Waals surface area (Å²) >= 11 is 5.07. The second kappa shape index (κ2) is 22.7. The zero-order chi connectivity index (χ0) is 32.0. The van der Waals surface area contributed by atoms with Crippen molar-refractivity contribution in [2.75, 3.05) is 27.4 Å². The zero-order valence-corrected chi connectivity index (χ0v) is 28.6. The smallest absolute Gasteiger partial charge is 0.434 e. The fraction of sp³-hybridized carbons (Fsp3) is 0.750. The summed E-state index contributed by atoms with van der Waals surface area (Å²) in [6.45, 7) is -0.726. The monoisotopic (exact) mass is 658 g/mol. The van der Waals surface area contributed by atoms with Gasteiger partial charge in [-0.2, -0.15) is 0 Å². The van der Waals surface area contributed by atoms with Gasteiger partial charge >= 0.3 is 18.9 Å². The predicted octanol–water partition coefficient (Wildman–Crippen LogP) is 7.38. The van der Waals surface area contributed by atoms with E-state index in [1.54, 1.807) is 0 Å². The lowest BCUT2D eigenvalue weighted by Gasteiger charge is -2.28. The molecule has 3 N–H and O–H groups in total. The van der Waals surface area contributed by atoms with E-state index < -0.39 is 37.0 Å². The summed E-state index contributed by atoms with van der Waals surface area (Å²) in [4.78, 5) is 35.3. The third kappa shape index (κ3) is 16.0. The van der Waals surface area contributed by atoms with Crippen molar-refractivity contribution in [3.05, 3.63) is 35.9 Å². The Balaban J connectivity index is 1.71. The third-order valence-corrected chi connectivity index (χ3v) is 9.67. The molecule has 2 amide bonds. The van der Waals surface area contributed by atoms with Crippen LogP contribution in [-0.4, -0.2) is 62.7 Å². The van der Waals surface area contributed by atoms with Gasteiger partial charge in [0.05, 0.1) is 6.04 Å². The van der Waals surface area contributed by atoms with E-state index in [1.165, 1.54) is 84.8 Å². The highest BCUT2D eigenvalue weighted by molar-refractivity contribution is 8.07. The second-order valence-corrected chi connectivity index (χ2v) is 14.4. The number of nitrogens with one attached hydrogen (secondary N) is 2. The van der Waals surface area contributed by atoms with Crippen LogP contribution in [-0.2, 0) is 41.7 Å². The lowest BCUT2D eigenvalue weighted by molar-refractivity contribution is -0.0254. The van der Waals surface area contributed by atoms with Gasteiger partial charge in [0.2, 0.25) is 0 Å². The number of methoxy groups -OCH3 is 1. The van der Waals surface area contributed by atoms with Gasteiger partial charge in [0.1, 0.15) is 25.4 Å². The number of amides is 2. The Labute approximate surface area is 269 Å². The van der Waals surface area contributed by atoms with Crippen molar-refractivity contribution < 1.29 is 37.7 Å². The SMILES string of the molecule is CCCCCCCCCCCCCCCNC(=O)N[C@@H]1C[C@H](COC(=O)OCc2ccccc2)C(OP(O)(=S)OC)[C@@H]1OC.